The normalized spacial score (nSPS) is 35.6. The van der Waals surface area contributed by atoms with Gasteiger partial charge in [0.05, 0.1) is 24.9 Å². The average molecular weight is 672 g/mol. The van der Waals surface area contributed by atoms with Crippen molar-refractivity contribution in [3.8, 4) is 0 Å². The number of hydrogen-bond donors (Lipinski definition) is 1. The van der Waals surface area contributed by atoms with E-state index in [1.807, 2.05) is 33.8 Å². The maximum atomic E-state index is 13.7. The highest BCUT2D eigenvalue weighted by atomic mass is 16.6. The van der Waals surface area contributed by atoms with Gasteiger partial charge in [0.2, 0.25) is 5.91 Å². The van der Waals surface area contributed by atoms with Crippen molar-refractivity contribution < 1.29 is 38.5 Å². The number of ketones is 1. The summed E-state index contributed by atoms with van der Waals surface area (Å²) < 4.78 is 19.0. The summed E-state index contributed by atoms with van der Waals surface area (Å²) in [6.07, 6.45) is 0.227. The highest BCUT2D eigenvalue weighted by Crippen LogP contribution is 2.39. The number of hydrazone groups is 1. The number of carbonyl (C=O) groups is 3. The van der Waals surface area contributed by atoms with Crippen molar-refractivity contribution in [2.45, 2.75) is 105 Å². The van der Waals surface area contributed by atoms with Crippen LogP contribution in [-0.4, -0.2) is 89.6 Å². The third-order valence-corrected chi connectivity index (χ3v) is 10.00. The van der Waals surface area contributed by atoms with Crippen molar-refractivity contribution in [3.05, 3.63) is 23.9 Å². The van der Waals surface area contributed by atoms with Crippen LogP contribution in [0.5, 0.6) is 0 Å². The number of amides is 1. The van der Waals surface area contributed by atoms with Crippen molar-refractivity contribution >= 4 is 41.6 Å². The van der Waals surface area contributed by atoms with E-state index in [1.165, 1.54) is 20.8 Å². The number of aliphatic hydroxyl groups is 1. The molecule has 13 heteroatoms. The molecule has 3 heterocycles. The third kappa shape index (κ3) is 8.91. The first-order valence-corrected chi connectivity index (χ1v) is 16.6. The van der Waals surface area contributed by atoms with Gasteiger partial charge in [0.15, 0.2) is 0 Å². The number of fused-ring (bicyclic) bond motifs is 5. The first-order chi connectivity index (χ1) is 22.5. The molecule has 2 aliphatic rings. The number of esters is 1. The lowest BCUT2D eigenvalue weighted by molar-refractivity contribution is -0.192. The fourth-order valence-electron chi connectivity index (χ4n) is 6.73. The molecule has 266 valence electrons. The van der Waals surface area contributed by atoms with Crippen LogP contribution < -0.4 is 5.01 Å². The number of aromatic nitrogens is 1. The molecule has 0 saturated carbocycles. The van der Waals surface area contributed by atoms with Crippen molar-refractivity contribution in [1.82, 2.24) is 4.98 Å². The van der Waals surface area contributed by atoms with Crippen LogP contribution in [0.1, 0.15) is 80.7 Å². The van der Waals surface area contributed by atoms with Gasteiger partial charge in [0, 0.05) is 50.0 Å². The lowest BCUT2D eigenvalue weighted by Crippen LogP contribution is -2.57. The smallest absolute Gasteiger partial charge is 0.316 e. The number of anilines is 1. The standard InChI is InChI=1S/C35H53N5O8/c1-12-28-35(9,44)32-22(4)30(38-25(7)41)20(2)15-34(8,24(6)21(3)31(42)23(5)33(43)48-28)46-19-27(18-45-32)39-47-17-26-13-14-29(37-16-26)40(11)36-10/h13-14,16,20-24,28,32,44H,10,12,15,17-19H2,1-9,11H3/b38-30?,39-27+/t20-,21-,22+,23-,24-,28-,32-,34-,35-/m1/s1. The Hall–Kier alpha value is -3.55. The molecule has 0 spiro atoms. The molecule has 2 bridgehead atoms. The van der Waals surface area contributed by atoms with Gasteiger partial charge in [-0.15, -0.1) is 0 Å². The summed E-state index contributed by atoms with van der Waals surface area (Å²) in [7, 11) is 1.74. The molecule has 48 heavy (non-hydrogen) atoms. The van der Waals surface area contributed by atoms with E-state index < -0.39 is 53.0 Å². The van der Waals surface area contributed by atoms with Gasteiger partial charge in [-0.05, 0) is 51.5 Å². The fourth-order valence-corrected chi connectivity index (χ4v) is 6.73. The van der Waals surface area contributed by atoms with Gasteiger partial charge in [-0.2, -0.15) is 5.10 Å². The maximum absolute atomic E-state index is 13.7. The number of pyridine rings is 1. The van der Waals surface area contributed by atoms with Gasteiger partial charge in [0.25, 0.3) is 0 Å². The molecule has 3 rings (SSSR count). The van der Waals surface area contributed by atoms with Gasteiger partial charge >= 0.3 is 5.97 Å². The van der Waals surface area contributed by atoms with Crippen LogP contribution in [0.2, 0.25) is 0 Å². The molecule has 2 fully saturated rings. The topological polar surface area (TPSA) is 162 Å². The second-order valence-corrected chi connectivity index (χ2v) is 13.7. The van der Waals surface area contributed by atoms with Gasteiger partial charge in [-0.25, -0.2) is 9.98 Å². The van der Waals surface area contributed by atoms with Crippen LogP contribution in [0.3, 0.4) is 0 Å². The molecular weight excluding hydrogens is 618 g/mol. The molecule has 0 radical (unpaired) electrons. The minimum Gasteiger partial charge on any atom is -0.459 e. The molecule has 0 aromatic carbocycles. The quantitative estimate of drug-likeness (QED) is 0.199. The van der Waals surface area contributed by atoms with Crippen LogP contribution in [0.4, 0.5) is 5.82 Å². The Kier molecular flexibility index (Phi) is 13.2. The van der Waals surface area contributed by atoms with E-state index in [9.17, 15) is 19.5 Å². The number of oxime groups is 1. The van der Waals surface area contributed by atoms with E-state index in [-0.39, 0.29) is 43.9 Å². The molecule has 13 nitrogen and oxygen atoms in total. The number of nitrogens with zero attached hydrogens (tertiary/aromatic N) is 5. The Morgan fingerprint density at radius 2 is 1.83 bits per heavy atom. The Morgan fingerprint density at radius 3 is 2.42 bits per heavy atom. The molecule has 1 aromatic heterocycles. The number of carbonyl (C=O) groups excluding carboxylic acids is 3. The fraction of sp³-hybridized carbons (Fsp3) is 0.686. The van der Waals surface area contributed by atoms with E-state index in [2.05, 4.69) is 27.0 Å². The van der Waals surface area contributed by atoms with Crippen molar-refractivity contribution in [1.29, 1.82) is 0 Å². The average Bonchev–Trinajstić information content (AvgIpc) is 3.06. The summed E-state index contributed by atoms with van der Waals surface area (Å²) in [5.74, 6) is -3.73. The molecule has 2 saturated heterocycles. The van der Waals surface area contributed by atoms with E-state index >= 15 is 0 Å². The summed E-state index contributed by atoms with van der Waals surface area (Å²) in [5, 5.41) is 21.9. The van der Waals surface area contributed by atoms with Crippen LogP contribution >= 0.6 is 0 Å². The molecular formula is C35H53N5O8. The summed E-state index contributed by atoms with van der Waals surface area (Å²) >= 11 is 0. The van der Waals surface area contributed by atoms with Crippen LogP contribution in [0.25, 0.3) is 0 Å². The van der Waals surface area contributed by atoms with E-state index in [1.54, 1.807) is 38.2 Å². The van der Waals surface area contributed by atoms with Gasteiger partial charge in [0.1, 0.15) is 41.5 Å². The minimum absolute atomic E-state index is 0.00786. The molecule has 9 atom stereocenters. The number of Topliss-reactive ketones (excluding diaryl/α,β-unsaturated/α-hetero) is 1. The molecule has 0 unspecified atom stereocenters. The van der Waals surface area contributed by atoms with E-state index in [0.717, 1.165) is 5.56 Å². The Bertz CT molecular complexity index is 1380. The predicted molar refractivity (Wildman–Crippen MR) is 183 cm³/mol. The lowest BCUT2D eigenvalue weighted by Gasteiger charge is -2.44. The highest BCUT2D eigenvalue weighted by molar-refractivity contribution is 6.00. The molecule has 1 N–H and O–H groups in total. The van der Waals surface area contributed by atoms with Crippen molar-refractivity contribution in [2.75, 3.05) is 25.3 Å². The number of rotatable bonds is 6. The highest BCUT2D eigenvalue weighted by Gasteiger charge is 2.50. The second kappa shape index (κ2) is 16.2. The molecule has 0 aliphatic carbocycles. The predicted octanol–water partition coefficient (Wildman–Crippen LogP) is 4.39. The number of hydrogen-bond acceptors (Lipinski definition) is 12. The SMILES string of the molecule is C=NN(C)c1ccc(CO/N=C2\CO[C@@H]3[C@@H](C)C(=NC(C)=O)[C@H](C)C[C@@](C)(OC2)[C@H](C)[C@@H](C)C(=O)[C@@H](C)C(=O)O[C@H](CC)[C@@]3(C)O)cn1. The minimum atomic E-state index is -1.77. The van der Waals surface area contributed by atoms with E-state index in [4.69, 9.17) is 19.0 Å². The van der Waals surface area contributed by atoms with Crippen LogP contribution in [0, 0.1) is 29.6 Å². The first-order valence-electron chi connectivity index (χ1n) is 16.6. The number of ether oxygens (including phenoxy) is 3. The number of aliphatic imine (C=N–C) groups is 1. The Labute approximate surface area is 284 Å². The zero-order valence-corrected chi connectivity index (χ0v) is 30.1. The Balaban J connectivity index is 2.15. The van der Waals surface area contributed by atoms with Gasteiger partial charge in [-0.3, -0.25) is 19.4 Å². The first kappa shape index (κ1) is 38.9. The van der Waals surface area contributed by atoms with Crippen molar-refractivity contribution in [3.63, 3.8) is 0 Å². The van der Waals surface area contributed by atoms with Gasteiger partial charge in [-0.1, -0.05) is 45.8 Å². The summed E-state index contributed by atoms with van der Waals surface area (Å²) in [4.78, 5) is 54.1. The maximum Gasteiger partial charge on any atom is 0.316 e. The summed E-state index contributed by atoms with van der Waals surface area (Å²) in [6, 6.07) is 3.63. The molecule has 2 aliphatic heterocycles. The lowest BCUT2D eigenvalue weighted by atomic mass is 9.70. The Morgan fingerprint density at radius 1 is 1.15 bits per heavy atom. The van der Waals surface area contributed by atoms with Crippen molar-refractivity contribution in [2.24, 2.45) is 44.8 Å². The zero-order valence-electron chi connectivity index (χ0n) is 30.1. The molecule has 1 aromatic rings. The molecule has 1 amide bonds. The van der Waals surface area contributed by atoms with Crippen LogP contribution in [-0.2, 0) is 40.0 Å². The third-order valence-electron chi connectivity index (χ3n) is 10.00. The van der Waals surface area contributed by atoms with Crippen LogP contribution in [0.15, 0.2) is 33.6 Å². The summed E-state index contributed by atoms with van der Waals surface area (Å²) in [6.45, 7) is 19.1. The second-order valence-electron chi connectivity index (χ2n) is 13.7. The van der Waals surface area contributed by atoms with Gasteiger partial charge < -0.3 is 24.2 Å². The zero-order chi connectivity index (χ0) is 36.0. The van der Waals surface area contributed by atoms with E-state index in [0.29, 0.717) is 23.7 Å². The largest absolute Gasteiger partial charge is 0.459 e. The summed E-state index contributed by atoms with van der Waals surface area (Å²) in [5.41, 5.74) is -1.03. The monoisotopic (exact) mass is 671 g/mol. The number of cyclic esters (lactones) is 1.